The molecule has 3 heteroatoms. The summed E-state index contributed by atoms with van der Waals surface area (Å²) in [5.74, 6) is 0.508. The highest BCUT2D eigenvalue weighted by molar-refractivity contribution is 5.75. The molecule has 0 aromatic carbocycles. The first-order chi connectivity index (χ1) is 9.98. The molecule has 2 aliphatic carbocycles. The highest BCUT2D eigenvalue weighted by Gasteiger charge is 2.54. The summed E-state index contributed by atoms with van der Waals surface area (Å²) in [4.78, 5) is 12.1. The van der Waals surface area contributed by atoms with Crippen molar-refractivity contribution in [3.63, 3.8) is 0 Å². The zero-order valence-corrected chi connectivity index (χ0v) is 15.2. The third-order valence-electron chi connectivity index (χ3n) is 6.34. The fourth-order valence-electron chi connectivity index (χ4n) is 4.99. The lowest BCUT2D eigenvalue weighted by molar-refractivity contribution is -0.170. The fourth-order valence-corrected chi connectivity index (χ4v) is 4.99. The van der Waals surface area contributed by atoms with Gasteiger partial charge in [-0.25, -0.2) is 0 Å². The van der Waals surface area contributed by atoms with E-state index in [0.29, 0.717) is 17.9 Å². The van der Waals surface area contributed by atoms with Gasteiger partial charge in [-0.3, -0.25) is 4.79 Å². The molecule has 2 aliphatic rings. The standard InChI is InChI=1S/C19H34O3/c1-17(2,3)16(21)22-12-13-14(20)8-9-15-18(4,5)10-7-11-19(13,15)6/h13-15,20H,7-12H2,1-6H3/t13-,14+,15?,19+/m0/s1. The van der Waals surface area contributed by atoms with Gasteiger partial charge in [0.2, 0.25) is 0 Å². The van der Waals surface area contributed by atoms with Crippen LogP contribution < -0.4 is 0 Å². The second-order valence-electron chi connectivity index (χ2n) is 9.50. The quantitative estimate of drug-likeness (QED) is 0.778. The van der Waals surface area contributed by atoms with Crippen LogP contribution in [0.1, 0.15) is 73.6 Å². The van der Waals surface area contributed by atoms with Crippen molar-refractivity contribution in [3.8, 4) is 0 Å². The molecule has 0 saturated heterocycles. The van der Waals surface area contributed by atoms with Crippen LogP contribution in [0.15, 0.2) is 0 Å². The molecule has 1 N–H and O–H groups in total. The van der Waals surface area contributed by atoms with Crippen molar-refractivity contribution >= 4 is 5.97 Å². The molecular formula is C19H34O3. The van der Waals surface area contributed by atoms with Gasteiger partial charge in [-0.1, -0.05) is 27.2 Å². The van der Waals surface area contributed by atoms with Crippen molar-refractivity contribution in [2.75, 3.05) is 6.61 Å². The van der Waals surface area contributed by atoms with E-state index < -0.39 is 5.41 Å². The van der Waals surface area contributed by atoms with E-state index in [2.05, 4.69) is 20.8 Å². The van der Waals surface area contributed by atoms with Crippen LogP contribution in [0, 0.1) is 28.1 Å². The maximum absolute atomic E-state index is 12.1. The molecule has 0 heterocycles. The zero-order valence-electron chi connectivity index (χ0n) is 15.2. The van der Waals surface area contributed by atoms with Gasteiger partial charge in [0.15, 0.2) is 0 Å². The highest BCUT2D eigenvalue weighted by Crippen LogP contribution is 2.59. The summed E-state index contributed by atoms with van der Waals surface area (Å²) < 4.78 is 5.60. The number of hydrogen-bond acceptors (Lipinski definition) is 3. The second kappa shape index (κ2) is 5.81. The van der Waals surface area contributed by atoms with Crippen LogP contribution >= 0.6 is 0 Å². The van der Waals surface area contributed by atoms with Gasteiger partial charge in [-0.05, 0) is 63.2 Å². The molecule has 0 bridgehead atoms. The van der Waals surface area contributed by atoms with Gasteiger partial charge in [0.05, 0.1) is 18.1 Å². The molecule has 22 heavy (non-hydrogen) atoms. The molecule has 3 nitrogen and oxygen atoms in total. The monoisotopic (exact) mass is 310 g/mol. The molecule has 2 rings (SSSR count). The van der Waals surface area contributed by atoms with E-state index in [9.17, 15) is 9.90 Å². The van der Waals surface area contributed by atoms with Crippen molar-refractivity contribution in [1.82, 2.24) is 0 Å². The Labute approximate surface area is 135 Å². The number of rotatable bonds is 2. The van der Waals surface area contributed by atoms with E-state index in [0.717, 1.165) is 19.3 Å². The van der Waals surface area contributed by atoms with E-state index in [-0.39, 0.29) is 23.4 Å². The van der Waals surface area contributed by atoms with E-state index in [4.69, 9.17) is 4.74 Å². The number of hydrogen-bond donors (Lipinski definition) is 1. The van der Waals surface area contributed by atoms with Crippen molar-refractivity contribution in [2.45, 2.75) is 79.8 Å². The number of carbonyl (C=O) groups is 1. The topological polar surface area (TPSA) is 46.5 Å². The van der Waals surface area contributed by atoms with Gasteiger partial charge >= 0.3 is 5.97 Å². The van der Waals surface area contributed by atoms with Crippen molar-refractivity contribution in [2.24, 2.45) is 28.1 Å². The molecule has 2 saturated carbocycles. The number of aliphatic hydroxyl groups is 1. The third-order valence-corrected chi connectivity index (χ3v) is 6.34. The Balaban J connectivity index is 2.16. The molecule has 0 aliphatic heterocycles. The first kappa shape index (κ1) is 17.8. The lowest BCUT2D eigenvalue weighted by Gasteiger charge is -2.58. The summed E-state index contributed by atoms with van der Waals surface area (Å²) in [7, 11) is 0. The Morgan fingerprint density at radius 3 is 2.41 bits per heavy atom. The summed E-state index contributed by atoms with van der Waals surface area (Å²) >= 11 is 0. The van der Waals surface area contributed by atoms with E-state index in [1.165, 1.54) is 12.8 Å². The minimum atomic E-state index is -0.480. The molecule has 2 fully saturated rings. The normalized spacial score (nSPS) is 38.2. The highest BCUT2D eigenvalue weighted by atomic mass is 16.5. The Hall–Kier alpha value is -0.570. The number of fused-ring (bicyclic) bond motifs is 1. The SMILES string of the molecule is CC(C)(C)C(=O)OC[C@H]1[C@H](O)CCC2C(C)(C)CCC[C@@]21C. The van der Waals surface area contributed by atoms with Crippen LogP contribution in [0.3, 0.4) is 0 Å². The largest absolute Gasteiger partial charge is 0.465 e. The zero-order chi connectivity index (χ0) is 16.8. The fraction of sp³-hybridized carbons (Fsp3) is 0.947. The Bertz CT molecular complexity index is 421. The van der Waals surface area contributed by atoms with Gasteiger partial charge in [0.1, 0.15) is 0 Å². The molecule has 4 atom stereocenters. The molecule has 0 aromatic heterocycles. The Morgan fingerprint density at radius 1 is 1.18 bits per heavy atom. The van der Waals surface area contributed by atoms with Crippen molar-refractivity contribution in [3.05, 3.63) is 0 Å². The molecule has 0 amide bonds. The maximum atomic E-state index is 12.1. The predicted octanol–water partition coefficient (Wildman–Crippen LogP) is 4.18. The molecular weight excluding hydrogens is 276 g/mol. The van der Waals surface area contributed by atoms with Crippen molar-refractivity contribution in [1.29, 1.82) is 0 Å². The number of esters is 1. The Kier molecular flexibility index (Phi) is 4.70. The summed E-state index contributed by atoms with van der Waals surface area (Å²) in [5, 5.41) is 10.6. The summed E-state index contributed by atoms with van der Waals surface area (Å²) in [6, 6.07) is 0. The molecule has 128 valence electrons. The van der Waals surface area contributed by atoms with Gasteiger partial charge in [0.25, 0.3) is 0 Å². The van der Waals surface area contributed by atoms with Gasteiger partial charge in [0, 0.05) is 5.92 Å². The average molecular weight is 310 g/mol. The second-order valence-corrected chi connectivity index (χ2v) is 9.50. The van der Waals surface area contributed by atoms with E-state index in [1.807, 2.05) is 20.8 Å². The van der Waals surface area contributed by atoms with Gasteiger partial charge in [-0.2, -0.15) is 0 Å². The van der Waals surface area contributed by atoms with Gasteiger partial charge < -0.3 is 9.84 Å². The van der Waals surface area contributed by atoms with Crippen LogP contribution in [-0.2, 0) is 9.53 Å². The minimum Gasteiger partial charge on any atom is -0.465 e. The van der Waals surface area contributed by atoms with Gasteiger partial charge in [-0.15, -0.1) is 0 Å². The third kappa shape index (κ3) is 3.20. The first-order valence-corrected chi connectivity index (χ1v) is 8.84. The van der Waals surface area contributed by atoms with E-state index >= 15 is 0 Å². The van der Waals surface area contributed by atoms with Crippen LogP contribution in [0.25, 0.3) is 0 Å². The lowest BCUT2D eigenvalue weighted by Crippen LogP contribution is -2.54. The predicted molar refractivity (Wildman–Crippen MR) is 88.4 cm³/mol. The molecule has 0 spiro atoms. The van der Waals surface area contributed by atoms with Crippen LogP contribution in [-0.4, -0.2) is 23.8 Å². The maximum Gasteiger partial charge on any atom is 0.311 e. The summed E-state index contributed by atoms with van der Waals surface area (Å²) in [5.41, 5.74) is -0.0806. The van der Waals surface area contributed by atoms with Crippen LogP contribution in [0.5, 0.6) is 0 Å². The Morgan fingerprint density at radius 2 is 1.82 bits per heavy atom. The summed E-state index contributed by atoms with van der Waals surface area (Å²) in [6.45, 7) is 13.0. The molecule has 0 aromatic rings. The molecule has 1 unspecified atom stereocenters. The number of carbonyl (C=O) groups excluding carboxylic acids is 1. The van der Waals surface area contributed by atoms with Crippen molar-refractivity contribution < 1.29 is 14.6 Å². The van der Waals surface area contributed by atoms with E-state index in [1.54, 1.807) is 0 Å². The number of aliphatic hydroxyl groups excluding tert-OH is 1. The molecule has 0 radical (unpaired) electrons. The van der Waals surface area contributed by atoms with Crippen LogP contribution in [0.2, 0.25) is 0 Å². The minimum absolute atomic E-state index is 0.0668. The smallest absolute Gasteiger partial charge is 0.311 e. The lowest BCUT2D eigenvalue weighted by atomic mass is 9.48. The first-order valence-electron chi connectivity index (χ1n) is 8.84. The average Bonchev–Trinajstić information content (AvgIpc) is 2.35. The summed E-state index contributed by atoms with van der Waals surface area (Å²) in [6.07, 6.45) is 5.18. The number of ether oxygens (including phenoxy) is 1. The van der Waals surface area contributed by atoms with Crippen LogP contribution in [0.4, 0.5) is 0 Å².